The summed E-state index contributed by atoms with van der Waals surface area (Å²) in [6.07, 6.45) is 3.85. The SMILES string of the molecule is CC(C)(C)C1CCC([O-])CC1.[K+]. The molecule has 0 N–H and O–H groups in total. The van der Waals surface area contributed by atoms with Crippen LogP contribution in [0.5, 0.6) is 0 Å². The molecule has 0 unspecified atom stereocenters. The van der Waals surface area contributed by atoms with Gasteiger partial charge in [-0.15, -0.1) is 6.10 Å². The second kappa shape index (κ2) is 5.47. The van der Waals surface area contributed by atoms with Gasteiger partial charge in [-0.05, 0) is 11.3 Å². The molecule has 0 aromatic heterocycles. The van der Waals surface area contributed by atoms with Gasteiger partial charge >= 0.3 is 51.4 Å². The summed E-state index contributed by atoms with van der Waals surface area (Å²) in [5.41, 5.74) is 0.417. The van der Waals surface area contributed by atoms with Crippen molar-refractivity contribution in [1.82, 2.24) is 0 Å². The Morgan fingerprint density at radius 2 is 1.42 bits per heavy atom. The van der Waals surface area contributed by atoms with E-state index >= 15 is 0 Å². The average molecular weight is 194 g/mol. The molecule has 0 aromatic rings. The van der Waals surface area contributed by atoms with Crippen molar-refractivity contribution < 1.29 is 56.5 Å². The fourth-order valence-corrected chi connectivity index (χ4v) is 1.93. The second-order valence-corrected chi connectivity index (χ2v) is 4.84. The van der Waals surface area contributed by atoms with E-state index in [4.69, 9.17) is 0 Å². The Hall–Kier alpha value is 1.60. The zero-order chi connectivity index (χ0) is 8.48. The van der Waals surface area contributed by atoms with E-state index in [0.29, 0.717) is 5.41 Å². The predicted octanol–water partition coefficient (Wildman–Crippen LogP) is -1.04. The third-order valence-corrected chi connectivity index (χ3v) is 2.90. The van der Waals surface area contributed by atoms with Crippen molar-refractivity contribution in [3.05, 3.63) is 0 Å². The van der Waals surface area contributed by atoms with Gasteiger partial charge in [0.1, 0.15) is 0 Å². The van der Waals surface area contributed by atoms with Crippen LogP contribution in [0.4, 0.5) is 0 Å². The molecule has 1 fully saturated rings. The van der Waals surface area contributed by atoms with Gasteiger partial charge < -0.3 is 5.11 Å². The molecule has 12 heavy (non-hydrogen) atoms. The van der Waals surface area contributed by atoms with Crippen molar-refractivity contribution in [2.75, 3.05) is 0 Å². The average Bonchev–Trinajstić information content (AvgIpc) is 1.86. The zero-order valence-electron chi connectivity index (χ0n) is 8.89. The number of hydrogen-bond acceptors (Lipinski definition) is 1. The standard InChI is InChI=1S/C10H19O.K/c1-10(2,3)8-4-6-9(11)7-5-8;/h8-9H,4-7H2,1-3H3;/q-1;+1. The van der Waals surface area contributed by atoms with Gasteiger partial charge in [0, 0.05) is 0 Å². The molecular weight excluding hydrogens is 175 g/mol. The number of rotatable bonds is 0. The summed E-state index contributed by atoms with van der Waals surface area (Å²) in [5, 5.41) is 11.0. The van der Waals surface area contributed by atoms with Crippen LogP contribution >= 0.6 is 0 Å². The van der Waals surface area contributed by atoms with Gasteiger partial charge in [0.25, 0.3) is 0 Å². The Balaban J connectivity index is 0.00000121. The van der Waals surface area contributed by atoms with Crippen LogP contribution < -0.4 is 56.5 Å². The van der Waals surface area contributed by atoms with Crippen molar-refractivity contribution in [2.24, 2.45) is 11.3 Å². The van der Waals surface area contributed by atoms with Gasteiger partial charge in [-0.3, -0.25) is 0 Å². The molecule has 1 saturated carbocycles. The Bertz CT molecular complexity index is 120. The largest absolute Gasteiger partial charge is 1.00 e. The molecular formula is C10H19KO. The van der Waals surface area contributed by atoms with Crippen molar-refractivity contribution in [3.8, 4) is 0 Å². The molecule has 1 nitrogen and oxygen atoms in total. The van der Waals surface area contributed by atoms with Gasteiger partial charge in [0.15, 0.2) is 0 Å². The van der Waals surface area contributed by atoms with Gasteiger partial charge in [0.05, 0.1) is 0 Å². The summed E-state index contributed by atoms with van der Waals surface area (Å²) in [5.74, 6) is 0.785. The van der Waals surface area contributed by atoms with E-state index in [9.17, 15) is 5.11 Å². The molecule has 0 saturated heterocycles. The third kappa shape index (κ3) is 4.21. The molecule has 1 aliphatic rings. The quantitative estimate of drug-likeness (QED) is 0.452. The normalized spacial score (nSPS) is 31.0. The maximum Gasteiger partial charge on any atom is 1.00 e. The topological polar surface area (TPSA) is 23.1 Å². The van der Waals surface area contributed by atoms with Gasteiger partial charge in [-0.25, -0.2) is 0 Å². The van der Waals surface area contributed by atoms with Crippen LogP contribution in [0.25, 0.3) is 0 Å². The molecule has 0 amide bonds. The summed E-state index contributed by atoms with van der Waals surface area (Å²) >= 11 is 0. The van der Waals surface area contributed by atoms with Gasteiger partial charge in [-0.2, -0.15) is 0 Å². The van der Waals surface area contributed by atoms with Crippen LogP contribution in [-0.2, 0) is 0 Å². The molecule has 0 bridgehead atoms. The Morgan fingerprint density at radius 3 is 1.75 bits per heavy atom. The maximum atomic E-state index is 11.0. The van der Waals surface area contributed by atoms with E-state index in [1.165, 1.54) is 0 Å². The minimum atomic E-state index is -0.256. The molecule has 0 aliphatic heterocycles. The molecule has 0 heterocycles. The maximum absolute atomic E-state index is 11.0. The van der Waals surface area contributed by atoms with Gasteiger partial charge in [0.2, 0.25) is 0 Å². The summed E-state index contributed by atoms with van der Waals surface area (Å²) < 4.78 is 0. The van der Waals surface area contributed by atoms with Crippen molar-refractivity contribution in [1.29, 1.82) is 0 Å². The first-order valence-electron chi connectivity index (χ1n) is 4.66. The third-order valence-electron chi connectivity index (χ3n) is 2.90. The first-order valence-corrected chi connectivity index (χ1v) is 4.66. The summed E-state index contributed by atoms with van der Waals surface area (Å²) in [7, 11) is 0. The van der Waals surface area contributed by atoms with E-state index in [1.54, 1.807) is 0 Å². The smallest absolute Gasteiger partial charge is 0.852 e. The minimum absolute atomic E-state index is 0. The first-order chi connectivity index (χ1) is 5.00. The number of hydrogen-bond donors (Lipinski definition) is 0. The molecule has 1 rings (SSSR count). The van der Waals surface area contributed by atoms with E-state index in [1.807, 2.05) is 0 Å². The monoisotopic (exact) mass is 194 g/mol. The Kier molecular flexibility index (Phi) is 6.20. The first kappa shape index (κ1) is 13.6. The van der Waals surface area contributed by atoms with E-state index in [2.05, 4.69) is 20.8 Å². The van der Waals surface area contributed by atoms with Crippen LogP contribution in [0.3, 0.4) is 0 Å². The minimum Gasteiger partial charge on any atom is -0.852 e. The van der Waals surface area contributed by atoms with Crippen LogP contribution in [0.1, 0.15) is 46.5 Å². The van der Waals surface area contributed by atoms with E-state index in [-0.39, 0.29) is 57.5 Å². The van der Waals surface area contributed by atoms with Gasteiger partial charge in [-0.1, -0.05) is 46.5 Å². The van der Waals surface area contributed by atoms with Crippen molar-refractivity contribution in [2.45, 2.75) is 52.6 Å². The molecule has 0 spiro atoms. The predicted molar refractivity (Wildman–Crippen MR) is 45.2 cm³/mol. The fraction of sp³-hybridized carbons (Fsp3) is 1.00. The zero-order valence-corrected chi connectivity index (χ0v) is 12.0. The van der Waals surface area contributed by atoms with Crippen LogP contribution in [0, 0.1) is 11.3 Å². The van der Waals surface area contributed by atoms with E-state index in [0.717, 1.165) is 31.6 Å². The summed E-state index contributed by atoms with van der Waals surface area (Å²) in [6, 6.07) is 0. The molecule has 0 aromatic carbocycles. The van der Waals surface area contributed by atoms with Crippen molar-refractivity contribution in [3.63, 3.8) is 0 Å². The van der Waals surface area contributed by atoms with Crippen LogP contribution in [0.2, 0.25) is 0 Å². The molecule has 66 valence electrons. The van der Waals surface area contributed by atoms with Crippen molar-refractivity contribution >= 4 is 0 Å². The van der Waals surface area contributed by atoms with Crippen LogP contribution in [-0.4, -0.2) is 6.10 Å². The van der Waals surface area contributed by atoms with E-state index < -0.39 is 0 Å². The van der Waals surface area contributed by atoms with Crippen LogP contribution in [0.15, 0.2) is 0 Å². The summed E-state index contributed by atoms with van der Waals surface area (Å²) in [6.45, 7) is 6.84. The summed E-state index contributed by atoms with van der Waals surface area (Å²) in [4.78, 5) is 0. The fourth-order valence-electron chi connectivity index (χ4n) is 1.93. The molecule has 0 radical (unpaired) electrons. The molecule has 0 atom stereocenters. The second-order valence-electron chi connectivity index (χ2n) is 4.84. The molecule has 2 heteroatoms. The Labute approximate surface area is 119 Å². The molecule has 1 aliphatic carbocycles. The Morgan fingerprint density at radius 1 is 1.00 bits per heavy atom.